The van der Waals surface area contributed by atoms with Crippen molar-refractivity contribution in [2.45, 2.75) is 0 Å². The Kier molecular flexibility index (Phi) is 4.83. The summed E-state index contributed by atoms with van der Waals surface area (Å²) < 4.78 is 13.9. The van der Waals surface area contributed by atoms with E-state index in [2.05, 4.69) is 31.7 Å². The van der Waals surface area contributed by atoms with E-state index in [9.17, 15) is 4.39 Å². The van der Waals surface area contributed by atoms with Crippen molar-refractivity contribution in [3.05, 3.63) is 36.4 Å². The highest BCUT2D eigenvalue weighted by molar-refractivity contribution is 5.47. The van der Waals surface area contributed by atoms with Crippen LogP contribution in [0.25, 0.3) is 0 Å². The van der Waals surface area contributed by atoms with Gasteiger partial charge >= 0.3 is 0 Å². The van der Waals surface area contributed by atoms with Crippen LogP contribution in [0.3, 0.4) is 0 Å². The van der Waals surface area contributed by atoms with Crippen molar-refractivity contribution in [1.82, 2.24) is 19.9 Å². The molecule has 138 valence electrons. The van der Waals surface area contributed by atoms with Crippen molar-refractivity contribution in [2.24, 2.45) is 0 Å². The molecule has 2 aliphatic rings. The fraction of sp³-hybridized carbons (Fsp3) is 0.500. The topological polar surface area (TPSA) is 51.6 Å². The van der Waals surface area contributed by atoms with E-state index in [1.165, 1.54) is 6.07 Å². The lowest BCUT2D eigenvalue weighted by atomic mass is 10.3. The molecule has 2 aromatic rings. The summed E-state index contributed by atoms with van der Waals surface area (Å²) >= 11 is 0. The molecule has 0 aromatic carbocycles. The van der Waals surface area contributed by atoms with Gasteiger partial charge < -0.3 is 19.6 Å². The van der Waals surface area contributed by atoms with E-state index >= 15 is 0 Å². The molecule has 0 aliphatic carbocycles. The molecule has 2 fully saturated rings. The molecule has 2 saturated heterocycles. The number of hydrogen-bond acceptors (Lipinski definition) is 7. The second-order valence-corrected chi connectivity index (χ2v) is 6.79. The molecule has 2 aromatic heterocycles. The number of rotatable bonds is 3. The molecule has 0 atom stereocenters. The van der Waals surface area contributed by atoms with Crippen molar-refractivity contribution >= 4 is 17.6 Å². The van der Waals surface area contributed by atoms with Crippen LogP contribution < -0.4 is 14.7 Å². The monoisotopic (exact) mass is 357 g/mol. The molecule has 26 heavy (non-hydrogen) atoms. The third-order valence-electron chi connectivity index (χ3n) is 5.06. The van der Waals surface area contributed by atoms with Crippen LogP contribution in [0.5, 0.6) is 0 Å². The van der Waals surface area contributed by atoms with Crippen molar-refractivity contribution in [1.29, 1.82) is 0 Å². The van der Waals surface area contributed by atoms with E-state index in [0.717, 1.165) is 64.1 Å². The highest BCUT2D eigenvalue weighted by Crippen LogP contribution is 2.21. The van der Waals surface area contributed by atoms with E-state index in [1.807, 2.05) is 17.2 Å². The minimum Gasteiger partial charge on any atom is -0.353 e. The second kappa shape index (κ2) is 7.41. The SMILES string of the molecule is CN1CCN(c2nccc(N3CCN(c4ncccc4F)CC3)n2)CC1. The van der Waals surface area contributed by atoms with Crippen LogP contribution in [0, 0.1) is 5.82 Å². The third kappa shape index (κ3) is 3.55. The van der Waals surface area contributed by atoms with Gasteiger partial charge in [0.2, 0.25) is 5.95 Å². The summed E-state index contributed by atoms with van der Waals surface area (Å²) in [6, 6.07) is 5.04. The molecule has 0 saturated carbocycles. The Morgan fingerprint density at radius 1 is 0.808 bits per heavy atom. The normalized spacial score (nSPS) is 19.1. The van der Waals surface area contributed by atoms with Crippen molar-refractivity contribution in [3.63, 3.8) is 0 Å². The zero-order valence-corrected chi connectivity index (χ0v) is 15.1. The lowest BCUT2D eigenvalue weighted by Crippen LogP contribution is -2.48. The number of aromatic nitrogens is 3. The molecular weight excluding hydrogens is 333 g/mol. The van der Waals surface area contributed by atoms with Gasteiger partial charge in [-0.2, -0.15) is 4.98 Å². The van der Waals surface area contributed by atoms with E-state index < -0.39 is 0 Å². The van der Waals surface area contributed by atoms with Gasteiger partial charge in [0.15, 0.2) is 11.6 Å². The summed E-state index contributed by atoms with van der Waals surface area (Å²) in [6.45, 7) is 6.98. The van der Waals surface area contributed by atoms with Crippen molar-refractivity contribution in [3.8, 4) is 0 Å². The molecule has 0 spiro atoms. The maximum Gasteiger partial charge on any atom is 0.227 e. The average Bonchev–Trinajstić information content (AvgIpc) is 2.69. The molecule has 0 radical (unpaired) electrons. The fourth-order valence-electron chi connectivity index (χ4n) is 3.43. The molecule has 8 heteroatoms. The van der Waals surface area contributed by atoms with Crippen LogP contribution in [0.15, 0.2) is 30.6 Å². The molecule has 7 nitrogen and oxygen atoms in total. The van der Waals surface area contributed by atoms with Gasteiger partial charge in [-0.1, -0.05) is 0 Å². The van der Waals surface area contributed by atoms with E-state index in [1.54, 1.807) is 12.3 Å². The lowest BCUT2D eigenvalue weighted by Gasteiger charge is -2.37. The number of anilines is 3. The minimum atomic E-state index is -0.264. The lowest BCUT2D eigenvalue weighted by molar-refractivity contribution is 0.311. The predicted molar refractivity (Wildman–Crippen MR) is 100 cm³/mol. The number of pyridine rings is 1. The van der Waals surface area contributed by atoms with E-state index in [-0.39, 0.29) is 5.82 Å². The Hall–Kier alpha value is -2.48. The molecular formula is C18H24FN7. The highest BCUT2D eigenvalue weighted by atomic mass is 19.1. The summed E-state index contributed by atoms with van der Waals surface area (Å²) in [5, 5.41) is 0. The first-order valence-corrected chi connectivity index (χ1v) is 9.08. The quantitative estimate of drug-likeness (QED) is 0.815. The number of halogens is 1. The third-order valence-corrected chi connectivity index (χ3v) is 5.06. The zero-order valence-electron chi connectivity index (χ0n) is 15.1. The van der Waals surface area contributed by atoms with Gasteiger partial charge in [0.05, 0.1) is 0 Å². The van der Waals surface area contributed by atoms with E-state index in [4.69, 9.17) is 4.98 Å². The Morgan fingerprint density at radius 3 is 2.23 bits per heavy atom. The number of hydrogen-bond donors (Lipinski definition) is 0. The van der Waals surface area contributed by atoms with Crippen molar-refractivity contribution in [2.75, 3.05) is 74.1 Å². The summed E-state index contributed by atoms with van der Waals surface area (Å²) in [6.07, 6.45) is 3.47. The van der Waals surface area contributed by atoms with Crippen LogP contribution >= 0.6 is 0 Å². The van der Waals surface area contributed by atoms with Gasteiger partial charge in [0.25, 0.3) is 0 Å². The molecule has 4 rings (SSSR count). The highest BCUT2D eigenvalue weighted by Gasteiger charge is 2.22. The standard InChI is InChI=1S/C18H24FN7/c1-23-7-9-26(10-8-23)18-21-6-4-16(22-18)24-11-13-25(14-12-24)17-15(19)3-2-5-20-17/h2-6H,7-14H2,1H3. The Bertz CT molecular complexity index is 740. The summed E-state index contributed by atoms with van der Waals surface area (Å²) in [5.74, 6) is 1.91. The molecule has 2 aliphatic heterocycles. The number of nitrogens with zero attached hydrogens (tertiary/aromatic N) is 7. The van der Waals surface area contributed by atoms with Gasteiger partial charge in [-0.3, -0.25) is 0 Å². The molecule has 0 unspecified atom stereocenters. The first-order chi connectivity index (χ1) is 12.7. The minimum absolute atomic E-state index is 0.264. The Morgan fingerprint density at radius 2 is 1.50 bits per heavy atom. The Labute approximate surface area is 153 Å². The number of likely N-dealkylation sites (N-methyl/N-ethyl adjacent to an activating group) is 1. The molecule has 0 N–H and O–H groups in total. The molecule has 0 amide bonds. The van der Waals surface area contributed by atoms with Gasteiger partial charge in [-0.15, -0.1) is 0 Å². The van der Waals surface area contributed by atoms with Crippen LogP contribution in [-0.2, 0) is 0 Å². The average molecular weight is 357 g/mol. The second-order valence-electron chi connectivity index (χ2n) is 6.79. The first kappa shape index (κ1) is 17.0. The van der Waals surface area contributed by atoms with Crippen LogP contribution in [0.1, 0.15) is 0 Å². The zero-order chi connectivity index (χ0) is 17.9. The van der Waals surface area contributed by atoms with Crippen LogP contribution in [0.2, 0.25) is 0 Å². The number of piperazine rings is 2. The molecule has 0 bridgehead atoms. The maximum absolute atomic E-state index is 13.9. The first-order valence-electron chi connectivity index (χ1n) is 9.08. The van der Waals surface area contributed by atoms with Gasteiger partial charge in [0, 0.05) is 64.8 Å². The Balaban J connectivity index is 1.42. The summed E-state index contributed by atoms with van der Waals surface area (Å²) in [7, 11) is 2.14. The maximum atomic E-state index is 13.9. The smallest absolute Gasteiger partial charge is 0.227 e. The van der Waals surface area contributed by atoms with E-state index in [0.29, 0.717) is 5.82 Å². The fourth-order valence-corrected chi connectivity index (χ4v) is 3.43. The van der Waals surface area contributed by atoms with Gasteiger partial charge in [-0.05, 0) is 25.2 Å². The van der Waals surface area contributed by atoms with Crippen molar-refractivity contribution < 1.29 is 4.39 Å². The largest absolute Gasteiger partial charge is 0.353 e. The summed E-state index contributed by atoms with van der Waals surface area (Å²) in [5.41, 5.74) is 0. The predicted octanol–water partition coefficient (Wildman–Crippen LogP) is 1.09. The summed E-state index contributed by atoms with van der Waals surface area (Å²) in [4.78, 5) is 22.2. The molecule has 4 heterocycles. The van der Waals surface area contributed by atoms with Crippen LogP contribution in [-0.4, -0.2) is 79.3 Å². The van der Waals surface area contributed by atoms with Gasteiger partial charge in [-0.25, -0.2) is 14.4 Å². The van der Waals surface area contributed by atoms with Crippen LogP contribution in [0.4, 0.5) is 22.0 Å². The van der Waals surface area contributed by atoms with Gasteiger partial charge in [0.1, 0.15) is 5.82 Å².